The van der Waals surface area contributed by atoms with Crippen LogP contribution in [0.2, 0.25) is 0 Å². The van der Waals surface area contributed by atoms with Gasteiger partial charge < -0.3 is 29.3 Å². The fourth-order valence-corrected chi connectivity index (χ4v) is 9.74. The Morgan fingerprint density at radius 1 is 0.948 bits per heavy atom. The minimum atomic E-state index is -4.01. The summed E-state index contributed by atoms with van der Waals surface area (Å²) in [5.74, 6) is 0.128. The number of anilines is 3. The molecule has 4 aliphatic heterocycles. The Morgan fingerprint density at radius 3 is 2.57 bits per heavy atom. The first-order valence-corrected chi connectivity index (χ1v) is 21.2. The van der Waals surface area contributed by atoms with Crippen molar-refractivity contribution in [1.82, 2.24) is 30.5 Å². The number of nitrogens with one attached hydrogen (secondary N) is 3. The average molecular weight is 808 g/mol. The quantitative estimate of drug-likeness (QED) is 0.156. The number of hydrogen-bond acceptors (Lipinski definition) is 12. The SMILES string of the molecule is COc1cc(Cn2cccn2)cc2onc(NS(=O)(=O)c3cccc(N4CCC(NCC5CCN(c6ccc7c(c6)CN(C6CCC(=O)NC6=O)C7=O)C5)CC4)c3)c12. The van der Waals surface area contributed by atoms with Gasteiger partial charge in [0.1, 0.15) is 17.2 Å². The molecule has 4 aliphatic rings. The van der Waals surface area contributed by atoms with Gasteiger partial charge in [0.25, 0.3) is 15.9 Å². The number of hydrogen-bond donors (Lipinski definition) is 3. The summed E-state index contributed by atoms with van der Waals surface area (Å²) in [4.78, 5) is 43.5. The molecule has 2 unspecified atom stereocenters. The highest BCUT2D eigenvalue weighted by Gasteiger charge is 2.39. The van der Waals surface area contributed by atoms with Crippen LogP contribution in [0, 0.1) is 5.92 Å². The number of aromatic nitrogens is 3. The lowest BCUT2D eigenvalue weighted by Gasteiger charge is -2.34. The first-order valence-electron chi connectivity index (χ1n) is 19.7. The van der Waals surface area contributed by atoms with Crippen molar-refractivity contribution in [3.8, 4) is 5.75 Å². The lowest BCUT2D eigenvalue weighted by atomic mass is 10.0. The van der Waals surface area contributed by atoms with Gasteiger partial charge in [0.15, 0.2) is 11.4 Å². The third-order valence-corrected chi connectivity index (χ3v) is 13.1. The number of carbonyl (C=O) groups is 3. The number of sulfonamides is 1. The van der Waals surface area contributed by atoms with E-state index in [1.165, 1.54) is 7.11 Å². The van der Waals surface area contributed by atoms with Crippen LogP contribution in [0.5, 0.6) is 5.75 Å². The Balaban J connectivity index is 0.770. The number of piperidine rings is 2. The van der Waals surface area contributed by atoms with E-state index in [0.717, 1.165) is 74.5 Å². The predicted molar refractivity (Wildman–Crippen MR) is 215 cm³/mol. The Hall–Kier alpha value is -5.94. The summed E-state index contributed by atoms with van der Waals surface area (Å²) in [7, 11) is -2.49. The number of nitrogens with zero attached hydrogens (tertiary/aromatic N) is 6. The topological polar surface area (TPSA) is 184 Å². The number of ether oxygens (including phenoxy) is 1. The van der Waals surface area contributed by atoms with Crippen molar-refractivity contribution in [2.24, 2.45) is 5.92 Å². The molecule has 3 N–H and O–H groups in total. The standard InChI is InChI=1S/C41H45N9O7S/c1-56-35-18-27(24-49-14-3-13-43-49)19-36-38(35)39(45-57-36)46-58(54,55)32-5-2-4-30(21-32)47-16-11-29(12-17-47)42-22-26-10-15-48(23-26)31-6-7-33-28(20-31)25-50(41(33)53)34-8-9-37(51)44-40(34)52/h2-7,13-14,18-21,26,29,34,42H,8-12,15-17,22-25H2,1H3,(H,45,46)(H,44,51,52). The Kier molecular flexibility index (Phi) is 10.0. The Labute approximate surface area is 335 Å². The summed E-state index contributed by atoms with van der Waals surface area (Å²) < 4.78 is 42.9. The molecule has 3 aromatic carbocycles. The Bertz CT molecular complexity index is 2480. The zero-order valence-corrected chi connectivity index (χ0v) is 32.9. The van der Waals surface area contributed by atoms with Crippen LogP contribution in [-0.2, 0) is 32.7 Å². The van der Waals surface area contributed by atoms with E-state index in [2.05, 4.69) is 41.5 Å². The zero-order chi connectivity index (χ0) is 40.0. The van der Waals surface area contributed by atoms with E-state index >= 15 is 0 Å². The molecule has 17 heteroatoms. The summed E-state index contributed by atoms with van der Waals surface area (Å²) in [6.07, 6.45) is 7.06. The van der Waals surface area contributed by atoms with Crippen LogP contribution in [0.3, 0.4) is 0 Å². The van der Waals surface area contributed by atoms with Crippen LogP contribution in [-0.4, -0.2) is 97.9 Å². The van der Waals surface area contributed by atoms with Gasteiger partial charge in [0.2, 0.25) is 11.8 Å². The van der Waals surface area contributed by atoms with Gasteiger partial charge in [-0.25, -0.2) is 8.42 Å². The van der Waals surface area contributed by atoms with Gasteiger partial charge in [-0.3, -0.25) is 29.1 Å². The third-order valence-electron chi connectivity index (χ3n) is 11.8. The molecule has 0 aliphatic carbocycles. The summed E-state index contributed by atoms with van der Waals surface area (Å²) in [6.45, 7) is 5.18. The molecule has 3 fully saturated rings. The van der Waals surface area contributed by atoms with Gasteiger partial charge in [0, 0.05) is 74.5 Å². The maximum atomic E-state index is 13.7. The number of rotatable bonds is 12. The van der Waals surface area contributed by atoms with Crippen LogP contribution in [0.4, 0.5) is 17.2 Å². The maximum Gasteiger partial charge on any atom is 0.263 e. The normalized spacial score (nSPS) is 20.2. The minimum Gasteiger partial charge on any atom is -0.496 e. The van der Waals surface area contributed by atoms with Gasteiger partial charge in [-0.15, -0.1) is 0 Å². The highest BCUT2D eigenvalue weighted by atomic mass is 32.2. The average Bonchev–Trinajstić information content (AvgIpc) is 4.05. The number of methoxy groups -OCH3 is 1. The predicted octanol–water partition coefficient (Wildman–Crippen LogP) is 3.73. The van der Waals surface area contributed by atoms with Crippen molar-refractivity contribution >= 4 is 55.9 Å². The van der Waals surface area contributed by atoms with Gasteiger partial charge in [-0.1, -0.05) is 11.2 Å². The monoisotopic (exact) mass is 807 g/mol. The van der Waals surface area contributed by atoms with Crippen molar-refractivity contribution in [1.29, 1.82) is 0 Å². The molecule has 6 heterocycles. The zero-order valence-electron chi connectivity index (χ0n) is 32.1. The minimum absolute atomic E-state index is 0.0577. The second-order valence-electron chi connectivity index (χ2n) is 15.5. The molecule has 3 amide bonds. The largest absolute Gasteiger partial charge is 0.496 e. The number of amides is 3. The molecule has 5 aromatic rings. The summed E-state index contributed by atoms with van der Waals surface area (Å²) >= 11 is 0. The number of carbonyl (C=O) groups excluding carboxylic acids is 3. The van der Waals surface area contributed by atoms with Crippen molar-refractivity contribution in [3.05, 3.63) is 89.7 Å². The molecule has 0 saturated carbocycles. The first kappa shape index (κ1) is 37.6. The Morgan fingerprint density at radius 2 is 1.78 bits per heavy atom. The molecule has 16 nitrogen and oxygen atoms in total. The molecule has 0 bridgehead atoms. The number of benzene rings is 3. The van der Waals surface area contributed by atoms with E-state index in [0.29, 0.717) is 53.8 Å². The van der Waals surface area contributed by atoms with Crippen LogP contribution in [0.1, 0.15) is 53.6 Å². The van der Waals surface area contributed by atoms with E-state index < -0.39 is 22.0 Å². The van der Waals surface area contributed by atoms with Crippen molar-refractivity contribution in [3.63, 3.8) is 0 Å². The molecular formula is C41H45N9O7S. The van der Waals surface area contributed by atoms with Gasteiger partial charge in [0.05, 0.1) is 18.6 Å². The summed E-state index contributed by atoms with van der Waals surface area (Å²) in [5, 5.41) is 14.9. The smallest absolute Gasteiger partial charge is 0.263 e. The van der Waals surface area contributed by atoms with Crippen LogP contribution >= 0.6 is 0 Å². The molecular weight excluding hydrogens is 763 g/mol. The van der Waals surface area contributed by atoms with E-state index in [9.17, 15) is 22.8 Å². The number of imide groups is 1. The van der Waals surface area contributed by atoms with Gasteiger partial charge in [-0.05, 0) is 104 Å². The van der Waals surface area contributed by atoms with Crippen LogP contribution in [0.25, 0.3) is 11.0 Å². The molecule has 0 spiro atoms. The first-order chi connectivity index (χ1) is 28.1. The lowest BCUT2D eigenvalue weighted by Crippen LogP contribution is -2.52. The fraction of sp³-hybridized carbons (Fsp3) is 0.390. The van der Waals surface area contributed by atoms with Gasteiger partial charge in [-0.2, -0.15) is 5.10 Å². The van der Waals surface area contributed by atoms with Crippen molar-refractivity contribution < 1.29 is 32.1 Å². The molecule has 2 atom stereocenters. The number of fused-ring (bicyclic) bond motifs is 2. The fourth-order valence-electron chi connectivity index (χ4n) is 8.69. The van der Waals surface area contributed by atoms with E-state index in [4.69, 9.17) is 9.26 Å². The molecule has 2 aromatic heterocycles. The second-order valence-corrected chi connectivity index (χ2v) is 17.2. The molecule has 302 valence electrons. The molecule has 0 radical (unpaired) electrons. The van der Waals surface area contributed by atoms with E-state index in [1.807, 2.05) is 36.5 Å². The molecule has 3 saturated heterocycles. The van der Waals surface area contributed by atoms with E-state index in [-0.39, 0.29) is 28.9 Å². The van der Waals surface area contributed by atoms with Crippen LogP contribution in [0.15, 0.2) is 82.5 Å². The van der Waals surface area contributed by atoms with Gasteiger partial charge >= 0.3 is 0 Å². The molecule has 9 rings (SSSR count). The molecule has 58 heavy (non-hydrogen) atoms. The van der Waals surface area contributed by atoms with Crippen molar-refractivity contribution in [2.45, 2.75) is 62.2 Å². The maximum absolute atomic E-state index is 13.7. The second kappa shape index (κ2) is 15.4. The van der Waals surface area contributed by atoms with Crippen LogP contribution < -0.4 is 29.9 Å². The van der Waals surface area contributed by atoms with Crippen molar-refractivity contribution in [2.75, 3.05) is 54.4 Å². The highest BCUT2D eigenvalue weighted by molar-refractivity contribution is 7.92. The lowest BCUT2D eigenvalue weighted by molar-refractivity contribution is -0.136. The summed E-state index contributed by atoms with van der Waals surface area (Å²) in [5.41, 5.74) is 4.73. The highest BCUT2D eigenvalue weighted by Crippen LogP contribution is 2.36. The summed E-state index contributed by atoms with van der Waals surface area (Å²) in [6, 6.07) is 18.1. The third kappa shape index (κ3) is 7.46. The van der Waals surface area contributed by atoms with E-state index in [1.54, 1.807) is 40.0 Å².